The minimum absolute atomic E-state index is 0.0385. The summed E-state index contributed by atoms with van der Waals surface area (Å²) in [6.45, 7) is 0. The third-order valence-corrected chi connectivity index (χ3v) is 4.46. The van der Waals surface area contributed by atoms with E-state index in [0.717, 1.165) is 9.64 Å². The summed E-state index contributed by atoms with van der Waals surface area (Å²) in [7, 11) is -3.78. The van der Waals surface area contributed by atoms with Crippen LogP contribution < -0.4 is 4.72 Å². The quantitative estimate of drug-likeness (QED) is 0.762. The summed E-state index contributed by atoms with van der Waals surface area (Å²) in [6.07, 6.45) is 1.23. The zero-order valence-electron chi connectivity index (χ0n) is 9.95. The molecule has 0 bridgehead atoms. The molecule has 0 radical (unpaired) electrons. The van der Waals surface area contributed by atoms with E-state index in [4.69, 9.17) is 5.11 Å². The predicted octanol–water partition coefficient (Wildman–Crippen LogP) is 2.19. The van der Waals surface area contributed by atoms with E-state index >= 15 is 0 Å². The molecule has 0 amide bonds. The highest BCUT2D eigenvalue weighted by atomic mass is 127. The van der Waals surface area contributed by atoms with E-state index in [2.05, 4.69) is 32.3 Å². The molecule has 2 aromatic rings. The van der Waals surface area contributed by atoms with Gasteiger partial charge in [0.05, 0.1) is 10.5 Å². The number of hydrogen-bond donors (Lipinski definition) is 2. The van der Waals surface area contributed by atoms with Crippen LogP contribution in [-0.2, 0) is 10.0 Å². The van der Waals surface area contributed by atoms with Gasteiger partial charge in [-0.3, -0.25) is 4.72 Å². The molecule has 8 heteroatoms. The summed E-state index contributed by atoms with van der Waals surface area (Å²) in [5.41, 5.74) is -0.0414. The lowest BCUT2D eigenvalue weighted by Gasteiger charge is -2.07. The van der Waals surface area contributed by atoms with Crippen molar-refractivity contribution >= 4 is 44.4 Å². The number of anilines is 1. The minimum atomic E-state index is -3.78. The molecule has 2 rings (SSSR count). The van der Waals surface area contributed by atoms with Crippen LogP contribution in [0.1, 0.15) is 10.4 Å². The lowest BCUT2D eigenvalue weighted by molar-refractivity contribution is 0.0697. The molecule has 2 N–H and O–H groups in total. The SMILES string of the molecule is O=C(O)c1ccnc(NS(=O)(=O)c2ccc(I)cc2)c1. The highest BCUT2D eigenvalue weighted by molar-refractivity contribution is 14.1. The first-order valence-electron chi connectivity index (χ1n) is 5.36. The van der Waals surface area contributed by atoms with E-state index in [9.17, 15) is 13.2 Å². The Balaban J connectivity index is 2.31. The van der Waals surface area contributed by atoms with E-state index in [0.29, 0.717) is 0 Å². The van der Waals surface area contributed by atoms with Gasteiger partial charge in [0, 0.05) is 9.77 Å². The summed E-state index contributed by atoms with van der Waals surface area (Å²) in [5, 5.41) is 8.85. The van der Waals surface area contributed by atoms with Crippen molar-refractivity contribution in [1.29, 1.82) is 0 Å². The van der Waals surface area contributed by atoms with Gasteiger partial charge in [-0.25, -0.2) is 18.2 Å². The minimum Gasteiger partial charge on any atom is -0.478 e. The molecule has 0 saturated carbocycles. The Bertz CT molecular complexity index is 744. The third-order valence-electron chi connectivity index (χ3n) is 2.37. The number of carboxylic acid groups (broad SMARTS) is 1. The molecule has 0 atom stereocenters. The van der Waals surface area contributed by atoms with Gasteiger partial charge in [0.25, 0.3) is 10.0 Å². The summed E-state index contributed by atoms with van der Waals surface area (Å²) in [6, 6.07) is 8.69. The first-order valence-corrected chi connectivity index (χ1v) is 7.92. The Kier molecular flexibility index (Phi) is 4.23. The first-order chi connectivity index (χ1) is 9.38. The van der Waals surface area contributed by atoms with E-state index in [1.807, 2.05) is 0 Å². The van der Waals surface area contributed by atoms with Crippen molar-refractivity contribution in [3.8, 4) is 0 Å². The molecule has 1 heterocycles. The van der Waals surface area contributed by atoms with Crippen molar-refractivity contribution in [2.75, 3.05) is 4.72 Å². The second-order valence-corrected chi connectivity index (χ2v) is 6.72. The maximum atomic E-state index is 12.1. The van der Waals surface area contributed by atoms with Crippen molar-refractivity contribution in [2.45, 2.75) is 4.90 Å². The molecule has 0 fully saturated rings. The Morgan fingerprint density at radius 2 is 1.85 bits per heavy atom. The van der Waals surface area contributed by atoms with Gasteiger partial charge in [0.2, 0.25) is 0 Å². The Morgan fingerprint density at radius 3 is 2.45 bits per heavy atom. The molecule has 0 spiro atoms. The van der Waals surface area contributed by atoms with Crippen molar-refractivity contribution in [3.05, 3.63) is 51.7 Å². The molecule has 0 aliphatic carbocycles. The zero-order valence-corrected chi connectivity index (χ0v) is 12.9. The number of carbonyl (C=O) groups is 1. The Labute approximate surface area is 129 Å². The molecule has 0 saturated heterocycles. The van der Waals surface area contributed by atoms with Crippen LogP contribution in [0.5, 0.6) is 0 Å². The fourth-order valence-corrected chi connectivity index (χ4v) is 2.79. The number of hydrogen-bond acceptors (Lipinski definition) is 4. The van der Waals surface area contributed by atoms with Crippen LogP contribution >= 0.6 is 22.6 Å². The van der Waals surface area contributed by atoms with Crippen LogP contribution in [-0.4, -0.2) is 24.5 Å². The van der Waals surface area contributed by atoms with Gasteiger partial charge in [0.15, 0.2) is 0 Å². The number of rotatable bonds is 4. The molecule has 1 aromatic carbocycles. The van der Waals surface area contributed by atoms with E-state index in [1.165, 1.54) is 24.4 Å². The molecule has 20 heavy (non-hydrogen) atoms. The molecule has 6 nitrogen and oxygen atoms in total. The molecule has 0 aliphatic heterocycles. The fourth-order valence-electron chi connectivity index (χ4n) is 1.43. The summed E-state index contributed by atoms with van der Waals surface area (Å²) < 4.78 is 27.3. The van der Waals surface area contributed by atoms with Crippen molar-refractivity contribution in [3.63, 3.8) is 0 Å². The van der Waals surface area contributed by atoms with Gasteiger partial charge in [-0.2, -0.15) is 0 Å². The number of carboxylic acids is 1. The smallest absolute Gasteiger partial charge is 0.335 e. The molecule has 0 unspecified atom stereocenters. The topological polar surface area (TPSA) is 96.4 Å². The number of nitrogens with one attached hydrogen (secondary N) is 1. The Morgan fingerprint density at radius 1 is 1.20 bits per heavy atom. The van der Waals surface area contributed by atoms with Crippen LogP contribution in [0.25, 0.3) is 0 Å². The number of aromatic carboxylic acids is 1. The van der Waals surface area contributed by atoms with E-state index in [-0.39, 0.29) is 16.3 Å². The van der Waals surface area contributed by atoms with Crippen molar-refractivity contribution in [1.82, 2.24) is 4.98 Å². The van der Waals surface area contributed by atoms with Gasteiger partial charge < -0.3 is 5.11 Å². The summed E-state index contributed by atoms with van der Waals surface area (Å²) in [5.74, 6) is -1.19. The molecule has 1 aromatic heterocycles. The predicted molar refractivity (Wildman–Crippen MR) is 81.2 cm³/mol. The highest BCUT2D eigenvalue weighted by Gasteiger charge is 2.15. The molecular formula is C12H9IN2O4S. The van der Waals surface area contributed by atoms with Crippen LogP contribution in [0.4, 0.5) is 5.82 Å². The van der Waals surface area contributed by atoms with Crippen molar-refractivity contribution < 1.29 is 18.3 Å². The largest absolute Gasteiger partial charge is 0.478 e. The fraction of sp³-hybridized carbons (Fsp3) is 0. The monoisotopic (exact) mass is 404 g/mol. The molecule has 0 aliphatic rings. The lowest BCUT2D eigenvalue weighted by atomic mass is 10.3. The van der Waals surface area contributed by atoms with Crippen LogP contribution in [0.2, 0.25) is 0 Å². The van der Waals surface area contributed by atoms with Gasteiger partial charge in [-0.05, 0) is 59.0 Å². The Hall–Kier alpha value is -1.68. The number of aromatic nitrogens is 1. The average Bonchev–Trinajstić information content (AvgIpc) is 2.39. The maximum absolute atomic E-state index is 12.1. The third kappa shape index (κ3) is 3.45. The number of sulfonamides is 1. The lowest BCUT2D eigenvalue weighted by Crippen LogP contribution is -2.14. The van der Waals surface area contributed by atoms with Crippen LogP contribution in [0.3, 0.4) is 0 Å². The number of halogens is 1. The molecular weight excluding hydrogens is 395 g/mol. The molecule has 104 valence electrons. The van der Waals surface area contributed by atoms with E-state index in [1.54, 1.807) is 12.1 Å². The van der Waals surface area contributed by atoms with Crippen LogP contribution in [0.15, 0.2) is 47.5 Å². The standard InChI is InChI=1S/C12H9IN2O4S/c13-9-1-3-10(4-2-9)20(18,19)15-11-7-8(12(16)17)5-6-14-11/h1-7H,(H,14,15)(H,16,17). The number of benzene rings is 1. The first kappa shape index (κ1) is 14.7. The van der Waals surface area contributed by atoms with Gasteiger partial charge >= 0.3 is 5.97 Å². The summed E-state index contributed by atoms with van der Waals surface area (Å²) in [4.78, 5) is 14.7. The number of nitrogens with zero attached hydrogens (tertiary/aromatic N) is 1. The van der Waals surface area contributed by atoms with Gasteiger partial charge in [-0.1, -0.05) is 0 Å². The highest BCUT2D eigenvalue weighted by Crippen LogP contribution is 2.16. The van der Waals surface area contributed by atoms with Crippen LogP contribution in [0, 0.1) is 3.57 Å². The van der Waals surface area contributed by atoms with E-state index < -0.39 is 16.0 Å². The number of pyridine rings is 1. The average molecular weight is 404 g/mol. The zero-order chi connectivity index (χ0) is 14.8. The van der Waals surface area contributed by atoms with Gasteiger partial charge in [0.1, 0.15) is 5.82 Å². The maximum Gasteiger partial charge on any atom is 0.335 e. The second-order valence-electron chi connectivity index (χ2n) is 3.79. The second kappa shape index (κ2) is 5.75. The summed E-state index contributed by atoms with van der Waals surface area (Å²) >= 11 is 2.07. The van der Waals surface area contributed by atoms with Crippen molar-refractivity contribution in [2.24, 2.45) is 0 Å². The van der Waals surface area contributed by atoms with Gasteiger partial charge in [-0.15, -0.1) is 0 Å². The normalized spacial score (nSPS) is 11.1.